The van der Waals surface area contributed by atoms with Gasteiger partial charge < -0.3 is 9.84 Å². The Morgan fingerprint density at radius 1 is 1.40 bits per heavy atom. The number of aryl methyl sites for hydroxylation is 1. The van der Waals surface area contributed by atoms with Crippen molar-refractivity contribution < 1.29 is 9.84 Å². The maximum absolute atomic E-state index is 8.65. The molecule has 1 rings (SSSR count). The maximum atomic E-state index is 8.65. The van der Waals surface area contributed by atoms with E-state index < -0.39 is 0 Å². The van der Waals surface area contributed by atoms with Gasteiger partial charge in [0.2, 0.25) is 0 Å². The van der Waals surface area contributed by atoms with Crippen molar-refractivity contribution in [3.05, 3.63) is 29.3 Å². The van der Waals surface area contributed by atoms with Crippen LogP contribution in [0.3, 0.4) is 0 Å². The molecule has 0 fully saturated rings. The van der Waals surface area contributed by atoms with Gasteiger partial charge in [-0.2, -0.15) is 0 Å². The molecule has 15 heavy (non-hydrogen) atoms. The first-order chi connectivity index (χ1) is 7.27. The van der Waals surface area contributed by atoms with Gasteiger partial charge in [0, 0.05) is 0 Å². The quantitative estimate of drug-likeness (QED) is 0.764. The first kappa shape index (κ1) is 11.6. The third-order valence-corrected chi connectivity index (χ3v) is 1.90. The van der Waals surface area contributed by atoms with Gasteiger partial charge in [-0.25, -0.2) is 0 Å². The van der Waals surface area contributed by atoms with E-state index in [0.29, 0.717) is 6.61 Å². The van der Waals surface area contributed by atoms with Crippen molar-refractivity contribution in [3.8, 4) is 17.6 Å². The topological polar surface area (TPSA) is 29.5 Å². The predicted molar refractivity (Wildman–Crippen MR) is 60.9 cm³/mol. The van der Waals surface area contributed by atoms with Crippen LogP contribution < -0.4 is 4.74 Å². The Kier molecular flexibility index (Phi) is 4.73. The summed E-state index contributed by atoms with van der Waals surface area (Å²) >= 11 is 0. The summed E-state index contributed by atoms with van der Waals surface area (Å²) in [5.74, 6) is 6.32. The fraction of sp³-hybridized carbons (Fsp3) is 0.385. The number of ether oxygens (including phenoxy) is 1. The van der Waals surface area contributed by atoms with Crippen molar-refractivity contribution in [1.29, 1.82) is 0 Å². The van der Waals surface area contributed by atoms with Gasteiger partial charge in [-0.3, -0.25) is 0 Å². The van der Waals surface area contributed by atoms with Crippen LogP contribution in [-0.4, -0.2) is 18.3 Å². The molecule has 1 aromatic rings. The summed E-state index contributed by atoms with van der Waals surface area (Å²) in [6, 6.07) is 5.88. The van der Waals surface area contributed by atoms with Gasteiger partial charge in [0.05, 0.1) is 12.2 Å². The summed E-state index contributed by atoms with van der Waals surface area (Å²) in [7, 11) is 0. The van der Waals surface area contributed by atoms with Crippen LogP contribution in [0.4, 0.5) is 0 Å². The van der Waals surface area contributed by atoms with Crippen LogP contribution in [0.15, 0.2) is 18.2 Å². The Balaban J connectivity index is 2.92. The fourth-order valence-electron chi connectivity index (χ4n) is 1.21. The van der Waals surface area contributed by atoms with Crippen LogP contribution in [0.25, 0.3) is 0 Å². The number of benzene rings is 1. The second-order valence-electron chi connectivity index (χ2n) is 3.31. The van der Waals surface area contributed by atoms with Crippen LogP contribution in [0, 0.1) is 18.8 Å². The van der Waals surface area contributed by atoms with E-state index in [9.17, 15) is 0 Å². The summed E-state index contributed by atoms with van der Waals surface area (Å²) in [5, 5.41) is 8.65. The molecule has 0 aliphatic carbocycles. The minimum Gasteiger partial charge on any atom is -0.492 e. The average Bonchev–Trinajstić information content (AvgIpc) is 2.25. The van der Waals surface area contributed by atoms with E-state index in [2.05, 4.69) is 18.8 Å². The SMILES string of the molecule is CCCOc1ccc(C)cc1C#CCO. The van der Waals surface area contributed by atoms with E-state index in [4.69, 9.17) is 9.84 Å². The molecule has 1 N–H and O–H groups in total. The number of hydrogen-bond acceptors (Lipinski definition) is 2. The third kappa shape index (κ3) is 3.65. The molecule has 0 amide bonds. The summed E-state index contributed by atoms with van der Waals surface area (Å²) in [5.41, 5.74) is 1.98. The van der Waals surface area contributed by atoms with Crippen molar-refractivity contribution in [2.45, 2.75) is 20.3 Å². The lowest BCUT2D eigenvalue weighted by Gasteiger charge is -2.07. The molecular formula is C13H16O2. The lowest BCUT2D eigenvalue weighted by molar-refractivity contribution is 0.316. The van der Waals surface area contributed by atoms with Crippen molar-refractivity contribution in [3.63, 3.8) is 0 Å². The second kappa shape index (κ2) is 6.10. The average molecular weight is 204 g/mol. The molecular weight excluding hydrogens is 188 g/mol. The fourth-order valence-corrected chi connectivity index (χ4v) is 1.21. The number of aliphatic hydroxyl groups is 1. The van der Waals surface area contributed by atoms with Crippen LogP contribution in [0.1, 0.15) is 24.5 Å². The molecule has 0 aromatic heterocycles. The van der Waals surface area contributed by atoms with Crippen molar-refractivity contribution in [2.75, 3.05) is 13.2 Å². The van der Waals surface area contributed by atoms with E-state index in [1.54, 1.807) is 0 Å². The molecule has 0 aliphatic rings. The molecule has 0 radical (unpaired) electrons. The summed E-state index contributed by atoms with van der Waals surface area (Å²) < 4.78 is 5.55. The molecule has 2 heteroatoms. The first-order valence-electron chi connectivity index (χ1n) is 5.11. The highest BCUT2D eigenvalue weighted by Crippen LogP contribution is 2.19. The summed E-state index contributed by atoms with van der Waals surface area (Å²) in [6.07, 6.45) is 0.973. The van der Waals surface area contributed by atoms with Gasteiger partial charge in [0.15, 0.2) is 0 Å². The van der Waals surface area contributed by atoms with E-state index >= 15 is 0 Å². The Hall–Kier alpha value is -1.46. The normalized spacial score (nSPS) is 9.27. The molecule has 0 atom stereocenters. The number of hydrogen-bond donors (Lipinski definition) is 1. The minimum absolute atomic E-state index is 0.124. The van der Waals surface area contributed by atoms with Gasteiger partial charge >= 0.3 is 0 Å². The zero-order valence-corrected chi connectivity index (χ0v) is 9.21. The van der Waals surface area contributed by atoms with Gasteiger partial charge in [-0.15, -0.1) is 0 Å². The maximum Gasteiger partial charge on any atom is 0.134 e. The van der Waals surface area contributed by atoms with Crippen molar-refractivity contribution in [2.24, 2.45) is 0 Å². The highest BCUT2D eigenvalue weighted by Gasteiger charge is 2.00. The Bertz CT molecular complexity index is 372. The summed E-state index contributed by atoms with van der Waals surface area (Å²) in [4.78, 5) is 0. The standard InChI is InChI=1S/C13H16O2/c1-3-9-15-13-7-6-11(2)10-12(13)5-4-8-14/h6-7,10,14H,3,8-9H2,1-2H3. The van der Waals surface area contributed by atoms with Crippen molar-refractivity contribution >= 4 is 0 Å². The molecule has 0 bridgehead atoms. The highest BCUT2D eigenvalue weighted by atomic mass is 16.5. The molecule has 1 aromatic carbocycles. The Labute approximate surface area is 90.9 Å². The molecule has 0 saturated heterocycles. The lowest BCUT2D eigenvalue weighted by atomic mass is 10.1. The van der Waals surface area contributed by atoms with Crippen LogP contribution in [-0.2, 0) is 0 Å². The van der Waals surface area contributed by atoms with Crippen LogP contribution >= 0.6 is 0 Å². The third-order valence-electron chi connectivity index (χ3n) is 1.90. The van der Waals surface area contributed by atoms with Crippen LogP contribution in [0.2, 0.25) is 0 Å². The van der Waals surface area contributed by atoms with Gasteiger partial charge in [-0.05, 0) is 31.0 Å². The monoisotopic (exact) mass is 204 g/mol. The zero-order valence-electron chi connectivity index (χ0n) is 9.21. The number of rotatable bonds is 3. The van der Waals surface area contributed by atoms with E-state index in [1.165, 1.54) is 0 Å². The molecule has 0 saturated carbocycles. The Morgan fingerprint density at radius 2 is 2.20 bits per heavy atom. The number of aliphatic hydroxyl groups excluding tert-OH is 1. The molecule has 0 spiro atoms. The van der Waals surface area contributed by atoms with Gasteiger partial charge in [0.1, 0.15) is 12.4 Å². The second-order valence-corrected chi connectivity index (χ2v) is 3.31. The van der Waals surface area contributed by atoms with E-state index in [-0.39, 0.29) is 6.61 Å². The van der Waals surface area contributed by atoms with E-state index in [1.807, 2.05) is 25.1 Å². The van der Waals surface area contributed by atoms with E-state index in [0.717, 1.165) is 23.3 Å². The molecule has 80 valence electrons. The smallest absolute Gasteiger partial charge is 0.134 e. The summed E-state index contributed by atoms with van der Waals surface area (Å²) in [6.45, 7) is 4.64. The zero-order chi connectivity index (χ0) is 11.1. The molecule has 0 aliphatic heterocycles. The van der Waals surface area contributed by atoms with Crippen LogP contribution in [0.5, 0.6) is 5.75 Å². The Morgan fingerprint density at radius 3 is 2.87 bits per heavy atom. The van der Waals surface area contributed by atoms with Gasteiger partial charge in [0.25, 0.3) is 0 Å². The largest absolute Gasteiger partial charge is 0.492 e. The molecule has 2 nitrogen and oxygen atoms in total. The van der Waals surface area contributed by atoms with Crippen molar-refractivity contribution in [1.82, 2.24) is 0 Å². The highest BCUT2D eigenvalue weighted by molar-refractivity contribution is 5.48. The lowest BCUT2D eigenvalue weighted by Crippen LogP contribution is -1.97. The molecule has 0 heterocycles. The predicted octanol–water partition coefficient (Wildman–Crippen LogP) is 2.13. The first-order valence-corrected chi connectivity index (χ1v) is 5.11. The van der Waals surface area contributed by atoms with Gasteiger partial charge in [-0.1, -0.05) is 24.8 Å². The molecule has 0 unspecified atom stereocenters. The minimum atomic E-state index is -0.124.